The first-order valence-electron chi connectivity index (χ1n) is 9.76. The summed E-state index contributed by atoms with van der Waals surface area (Å²) in [4.78, 5) is 5.32. The zero-order valence-electron chi connectivity index (χ0n) is 15.3. The van der Waals surface area contributed by atoms with E-state index in [1.54, 1.807) is 0 Å². The van der Waals surface area contributed by atoms with Gasteiger partial charge in [-0.1, -0.05) is 54.1 Å². The molecule has 0 aliphatic carbocycles. The van der Waals surface area contributed by atoms with Crippen LogP contribution < -0.4 is 5.32 Å². The first-order chi connectivity index (χ1) is 12.8. The van der Waals surface area contributed by atoms with E-state index in [1.807, 2.05) is 12.1 Å². The average Bonchev–Trinajstić information content (AvgIpc) is 2.70. The summed E-state index contributed by atoms with van der Waals surface area (Å²) in [6, 6.07) is 20.0. The van der Waals surface area contributed by atoms with E-state index in [-0.39, 0.29) is 0 Å². The van der Waals surface area contributed by atoms with Crippen molar-refractivity contribution in [2.24, 2.45) is 0 Å². The lowest BCUT2D eigenvalue weighted by Crippen LogP contribution is -2.55. The lowest BCUT2D eigenvalue weighted by molar-refractivity contribution is 0.0752. The smallest absolute Gasteiger partial charge is 0.0406 e. The molecule has 0 spiro atoms. The summed E-state index contributed by atoms with van der Waals surface area (Å²) in [5, 5.41) is 4.31. The third kappa shape index (κ3) is 4.29. The highest BCUT2D eigenvalue weighted by molar-refractivity contribution is 6.30. The summed E-state index contributed by atoms with van der Waals surface area (Å²) in [6.07, 6.45) is 1.24. The lowest BCUT2D eigenvalue weighted by atomic mass is 9.84. The number of hydrogen-bond acceptors (Lipinski definition) is 3. The molecule has 0 bridgehead atoms. The number of halogens is 1. The van der Waals surface area contributed by atoms with Gasteiger partial charge < -0.3 is 5.32 Å². The molecule has 4 heteroatoms. The molecule has 0 saturated carbocycles. The van der Waals surface area contributed by atoms with Gasteiger partial charge in [-0.25, -0.2) is 0 Å². The van der Waals surface area contributed by atoms with Crippen LogP contribution in [0.2, 0.25) is 5.02 Å². The Bertz CT molecular complexity index is 682. The van der Waals surface area contributed by atoms with Crippen molar-refractivity contribution in [1.82, 2.24) is 15.1 Å². The molecule has 3 nitrogen and oxygen atoms in total. The molecule has 2 aliphatic heterocycles. The van der Waals surface area contributed by atoms with Gasteiger partial charge >= 0.3 is 0 Å². The average molecular weight is 370 g/mol. The van der Waals surface area contributed by atoms with Gasteiger partial charge in [-0.05, 0) is 29.7 Å². The van der Waals surface area contributed by atoms with Crippen molar-refractivity contribution in [2.75, 3.05) is 39.3 Å². The quantitative estimate of drug-likeness (QED) is 0.888. The number of nitrogens with one attached hydrogen (secondary N) is 1. The van der Waals surface area contributed by atoms with Crippen molar-refractivity contribution in [1.29, 1.82) is 0 Å². The summed E-state index contributed by atoms with van der Waals surface area (Å²) < 4.78 is 0. The minimum absolute atomic E-state index is 0.544. The third-order valence-corrected chi connectivity index (χ3v) is 6.08. The zero-order valence-corrected chi connectivity index (χ0v) is 16.0. The molecular weight excluding hydrogens is 342 g/mol. The van der Waals surface area contributed by atoms with Gasteiger partial charge in [0.2, 0.25) is 0 Å². The van der Waals surface area contributed by atoms with E-state index in [1.165, 1.54) is 24.1 Å². The Balaban J connectivity index is 1.53. The van der Waals surface area contributed by atoms with Gasteiger partial charge in [-0.15, -0.1) is 0 Å². The first-order valence-corrected chi connectivity index (χ1v) is 10.1. The van der Waals surface area contributed by atoms with Gasteiger partial charge in [0.15, 0.2) is 0 Å². The number of likely N-dealkylation sites (tertiary alicyclic amines) is 1. The molecule has 2 atom stereocenters. The van der Waals surface area contributed by atoms with Crippen LogP contribution in [-0.4, -0.2) is 55.1 Å². The van der Waals surface area contributed by atoms with Gasteiger partial charge in [0.05, 0.1) is 0 Å². The number of benzene rings is 2. The number of piperidine rings is 1. The van der Waals surface area contributed by atoms with Crippen molar-refractivity contribution in [3.8, 4) is 0 Å². The fourth-order valence-electron chi connectivity index (χ4n) is 4.48. The van der Waals surface area contributed by atoms with Crippen LogP contribution in [0.5, 0.6) is 0 Å². The third-order valence-electron chi connectivity index (χ3n) is 5.83. The van der Waals surface area contributed by atoms with Crippen LogP contribution in [0.3, 0.4) is 0 Å². The van der Waals surface area contributed by atoms with E-state index < -0.39 is 0 Å². The SMILES string of the molecule is Clc1ccc([C@H]2CN(Cc3ccccc3)CC[C@H]2N2CCNCC2)cc1. The first kappa shape index (κ1) is 18.0. The van der Waals surface area contributed by atoms with Crippen LogP contribution in [0.15, 0.2) is 54.6 Å². The fraction of sp³-hybridized carbons (Fsp3) is 0.455. The highest BCUT2D eigenvalue weighted by atomic mass is 35.5. The van der Waals surface area contributed by atoms with E-state index >= 15 is 0 Å². The van der Waals surface area contributed by atoms with E-state index in [9.17, 15) is 0 Å². The molecule has 1 N–H and O–H groups in total. The number of piperazine rings is 1. The van der Waals surface area contributed by atoms with Gasteiger partial charge in [-0.3, -0.25) is 9.80 Å². The number of nitrogens with zero attached hydrogens (tertiary/aromatic N) is 2. The van der Waals surface area contributed by atoms with Gasteiger partial charge in [-0.2, -0.15) is 0 Å². The van der Waals surface area contributed by atoms with Crippen molar-refractivity contribution < 1.29 is 0 Å². The normalized spacial score (nSPS) is 25.3. The van der Waals surface area contributed by atoms with Crippen LogP contribution in [-0.2, 0) is 6.54 Å². The Morgan fingerprint density at radius 1 is 0.923 bits per heavy atom. The van der Waals surface area contributed by atoms with Crippen LogP contribution in [0, 0.1) is 0 Å². The maximum atomic E-state index is 6.14. The van der Waals surface area contributed by atoms with Crippen molar-refractivity contribution in [3.63, 3.8) is 0 Å². The van der Waals surface area contributed by atoms with E-state index in [2.05, 4.69) is 57.6 Å². The predicted octanol–water partition coefficient (Wildman–Crippen LogP) is 3.60. The maximum absolute atomic E-state index is 6.14. The maximum Gasteiger partial charge on any atom is 0.0406 e. The Kier molecular flexibility index (Phi) is 5.91. The monoisotopic (exact) mass is 369 g/mol. The molecule has 2 fully saturated rings. The van der Waals surface area contributed by atoms with Gasteiger partial charge in [0.1, 0.15) is 0 Å². The Morgan fingerprint density at radius 3 is 2.38 bits per heavy atom. The summed E-state index contributed by atoms with van der Waals surface area (Å²) >= 11 is 6.14. The molecule has 4 rings (SSSR count). The largest absolute Gasteiger partial charge is 0.314 e. The zero-order chi connectivity index (χ0) is 17.8. The summed E-state index contributed by atoms with van der Waals surface area (Å²) in [5.41, 5.74) is 2.83. The van der Waals surface area contributed by atoms with Crippen molar-refractivity contribution in [3.05, 3.63) is 70.7 Å². The van der Waals surface area contributed by atoms with E-state index in [0.717, 1.165) is 44.3 Å². The summed E-state index contributed by atoms with van der Waals surface area (Å²) in [5.74, 6) is 0.544. The highest BCUT2D eigenvalue weighted by Gasteiger charge is 2.34. The molecule has 2 heterocycles. The molecule has 138 valence electrons. The summed E-state index contributed by atoms with van der Waals surface area (Å²) in [6.45, 7) is 7.87. The fourth-order valence-corrected chi connectivity index (χ4v) is 4.61. The topological polar surface area (TPSA) is 18.5 Å². The Morgan fingerprint density at radius 2 is 1.65 bits per heavy atom. The molecular formula is C22H28ClN3. The minimum atomic E-state index is 0.544. The minimum Gasteiger partial charge on any atom is -0.314 e. The standard InChI is InChI=1S/C22H28ClN3/c23-20-8-6-19(7-9-20)21-17-25(16-18-4-2-1-3-5-18)13-10-22(21)26-14-11-24-12-15-26/h1-9,21-22,24H,10-17H2/t21-,22-/m1/s1. The Labute approximate surface area is 161 Å². The van der Waals surface area contributed by atoms with E-state index in [4.69, 9.17) is 11.6 Å². The van der Waals surface area contributed by atoms with Crippen molar-refractivity contribution >= 4 is 11.6 Å². The van der Waals surface area contributed by atoms with Crippen LogP contribution >= 0.6 is 11.6 Å². The molecule has 26 heavy (non-hydrogen) atoms. The van der Waals surface area contributed by atoms with Gasteiger partial charge in [0.25, 0.3) is 0 Å². The van der Waals surface area contributed by atoms with Crippen LogP contribution in [0.25, 0.3) is 0 Å². The second-order valence-corrected chi connectivity index (χ2v) is 7.96. The second-order valence-electron chi connectivity index (χ2n) is 7.52. The molecule has 0 radical (unpaired) electrons. The predicted molar refractivity (Wildman–Crippen MR) is 109 cm³/mol. The van der Waals surface area contributed by atoms with Gasteiger partial charge in [0, 0.05) is 62.8 Å². The highest BCUT2D eigenvalue weighted by Crippen LogP contribution is 2.32. The molecule has 0 unspecified atom stereocenters. The summed E-state index contributed by atoms with van der Waals surface area (Å²) in [7, 11) is 0. The molecule has 0 aromatic heterocycles. The lowest BCUT2D eigenvalue weighted by Gasteiger charge is -2.45. The van der Waals surface area contributed by atoms with Crippen molar-refractivity contribution in [2.45, 2.75) is 24.9 Å². The number of rotatable bonds is 4. The number of hydrogen-bond donors (Lipinski definition) is 1. The molecule has 2 aromatic rings. The molecule has 2 saturated heterocycles. The Hall–Kier alpha value is -1.39. The second kappa shape index (κ2) is 8.53. The molecule has 2 aromatic carbocycles. The van der Waals surface area contributed by atoms with Crippen LogP contribution in [0.4, 0.5) is 0 Å². The molecule has 0 amide bonds. The van der Waals surface area contributed by atoms with Crippen LogP contribution in [0.1, 0.15) is 23.5 Å². The molecule has 2 aliphatic rings. The van der Waals surface area contributed by atoms with E-state index in [0.29, 0.717) is 12.0 Å².